The SMILES string of the molecule is CC(C)(Oc1cccc(I)c1)C(N)=O. The van der Waals surface area contributed by atoms with Crippen LogP contribution in [0.25, 0.3) is 0 Å². The molecule has 0 aliphatic heterocycles. The Morgan fingerprint density at radius 3 is 2.64 bits per heavy atom. The molecule has 1 aromatic rings. The Morgan fingerprint density at radius 1 is 1.50 bits per heavy atom. The van der Waals surface area contributed by atoms with Crippen molar-refractivity contribution in [3.63, 3.8) is 0 Å². The normalized spacial score (nSPS) is 11.1. The number of nitrogens with two attached hydrogens (primary N) is 1. The van der Waals surface area contributed by atoms with E-state index >= 15 is 0 Å². The molecule has 2 N–H and O–H groups in total. The van der Waals surface area contributed by atoms with Gasteiger partial charge in [0.2, 0.25) is 0 Å². The van der Waals surface area contributed by atoms with Crippen LogP contribution in [0.4, 0.5) is 0 Å². The zero-order chi connectivity index (χ0) is 10.8. The average molecular weight is 305 g/mol. The highest BCUT2D eigenvalue weighted by Gasteiger charge is 2.26. The summed E-state index contributed by atoms with van der Waals surface area (Å²) in [5, 5.41) is 0. The molecule has 0 aliphatic rings. The zero-order valence-electron chi connectivity index (χ0n) is 8.08. The van der Waals surface area contributed by atoms with E-state index < -0.39 is 11.5 Å². The van der Waals surface area contributed by atoms with Gasteiger partial charge in [-0.2, -0.15) is 0 Å². The predicted molar refractivity (Wildman–Crippen MR) is 63.1 cm³/mol. The van der Waals surface area contributed by atoms with Crippen molar-refractivity contribution in [2.45, 2.75) is 19.4 Å². The summed E-state index contributed by atoms with van der Waals surface area (Å²) < 4.78 is 6.52. The number of benzene rings is 1. The van der Waals surface area contributed by atoms with Crippen LogP contribution in [0.3, 0.4) is 0 Å². The molecule has 0 bridgehead atoms. The van der Waals surface area contributed by atoms with E-state index in [2.05, 4.69) is 22.6 Å². The van der Waals surface area contributed by atoms with Crippen molar-refractivity contribution in [2.75, 3.05) is 0 Å². The first-order valence-electron chi connectivity index (χ1n) is 4.16. The van der Waals surface area contributed by atoms with Gasteiger partial charge in [-0.15, -0.1) is 0 Å². The van der Waals surface area contributed by atoms with Crippen molar-refractivity contribution >= 4 is 28.5 Å². The lowest BCUT2D eigenvalue weighted by atomic mass is 10.1. The molecule has 0 unspecified atom stereocenters. The van der Waals surface area contributed by atoms with Crippen LogP contribution in [0.2, 0.25) is 0 Å². The van der Waals surface area contributed by atoms with E-state index in [1.807, 2.05) is 18.2 Å². The van der Waals surface area contributed by atoms with Crippen LogP contribution in [-0.2, 0) is 4.79 Å². The molecule has 0 saturated heterocycles. The van der Waals surface area contributed by atoms with Gasteiger partial charge < -0.3 is 10.5 Å². The Hall–Kier alpha value is -0.780. The van der Waals surface area contributed by atoms with E-state index in [1.54, 1.807) is 19.9 Å². The summed E-state index contributed by atoms with van der Waals surface area (Å²) in [6.07, 6.45) is 0. The number of halogens is 1. The maximum atomic E-state index is 11.0. The smallest absolute Gasteiger partial charge is 0.261 e. The molecule has 0 saturated carbocycles. The van der Waals surface area contributed by atoms with Crippen molar-refractivity contribution in [1.82, 2.24) is 0 Å². The molecular weight excluding hydrogens is 293 g/mol. The third-order valence-corrected chi connectivity index (χ3v) is 2.43. The predicted octanol–water partition coefficient (Wildman–Crippen LogP) is 1.93. The Bertz CT molecular complexity index is 350. The van der Waals surface area contributed by atoms with Crippen LogP contribution < -0.4 is 10.5 Å². The molecule has 3 nitrogen and oxygen atoms in total. The Balaban J connectivity index is 2.83. The monoisotopic (exact) mass is 305 g/mol. The summed E-state index contributed by atoms with van der Waals surface area (Å²) in [7, 11) is 0. The highest BCUT2D eigenvalue weighted by atomic mass is 127. The van der Waals surface area contributed by atoms with Gasteiger partial charge in [0, 0.05) is 3.57 Å². The zero-order valence-corrected chi connectivity index (χ0v) is 10.2. The average Bonchev–Trinajstić information content (AvgIpc) is 2.02. The lowest BCUT2D eigenvalue weighted by Gasteiger charge is -2.22. The van der Waals surface area contributed by atoms with Crippen LogP contribution in [0, 0.1) is 3.57 Å². The van der Waals surface area contributed by atoms with Gasteiger partial charge in [-0.3, -0.25) is 4.79 Å². The first-order chi connectivity index (χ1) is 6.42. The van der Waals surface area contributed by atoms with E-state index in [1.165, 1.54) is 0 Å². The summed E-state index contributed by atoms with van der Waals surface area (Å²) in [5.41, 5.74) is 4.22. The Labute approximate surface area is 96.8 Å². The standard InChI is InChI=1S/C10H12INO2/c1-10(2,9(12)13)14-8-5-3-4-7(11)6-8/h3-6H,1-2H3,(H2,12,13). The fourth-order valence-corrected chi connectivity index (χ4v) is 1.39. The molecule has 1 aromatic carbocycles. The molecule has 0 atom stereocenters. The summed E-state index contributed by atoms with van der Waals surface area (Å²) in [6.45, 7) is 3.30. The van der Waals surface area contributed by atoms with Gasteiger partial charge in [0.1, 0.15) is 5.75 Å². The fourth-order valence-electron chi connectivity index (χ4n) is 0.875. The van der Waals surface area contributed by atoms with Gasteiger partial charge in [-0.25, -0.2) is 0 Å². The number of carbonyl (C=O) groups is 1. The number of rotatable bonds is 3. The van der Waals surface area contributed by atoms with Crippen molar-refractivity contribution in [3.8, 4) is 5.75 Å². The Kier molecular flexibility index (Phi) is 3.36. The fraction of sp³-hybridized carbons (Fsp3) is 0.300. The molecule has 0 aliphatic carbocycles. The first-order valence-corrected chi connectivity index (χ1v) is 5.24. The van der Waals surface area contributed by atoms with Crippen molar-refractivity contribution in [1.29, 1.82) is 0 Å². The van der Waals surface area contributed by atoms with E-state index in [0.29, 0.717) is 5.75 Å². The van der Waals surface area contributed by atoms with Crippen LogP contribution in [0.1, 0.15) is 13.8 Å². The molecule has 0 heterocycles. The molecular formula is C10H12INO2. The number of carbonyl (C=O) groups excluding carboxylic acids is 1. The second-order valence-corrected chi connectivity index (χ2v) is 4.68. The minimum absolute atomic E-state index is 0.476. The van der Waals surface area contributed by atoms with Gasteiger partial charge in [0.25, 0.3) is 5.91 Å². The van der Waals surface area contributed by atoms with Gasteiger partial charge in [0.15, 0.2) is 5.60 Å². The summed E-state index contributed by atoms with van der Waals surface area (Å²) in [6, 6.07) is 7.47. The molecule has 1 rings (SSSR count). The van der Waals surface area contributed by atoms with Gasteiger partial charge in [-0.05, 0) is 54.6 Å². The van der Waals surface area contributed by atoms with Crippen LogP contribution in [0.5, 0.6) is 5.75 Å². The number of amides is 1. The second-order valence-electron chi connectivity index (χ2n) is 3.43. The molecule has 0 fully saturated rings. The number of hydrogen-bond donors (Lipinski definition) is 1. The third-order valence-electron chi connectivity index (χ3n) is 1.76. The summed E-state index contributed by atoms with van der Waals surface area (Å²) in [5.74, 6) is 0.178. The third kappa shape index (κ3) is 2.87. The van der Waals surface area contributed by atoms with Crippen molar-refractivity contribution < 1.29 is 9.53 Å². The van der Waals surface area contributed by atoms with Crippen LogP contribution in [-0.4, -0.2) is 11.5 Å². The molecule has 14 heavy (non-hydrogen) atoms. The lowest BCUT2D eigenvalue weighted by molar-refractivity contribution is -0.130. The largest absolute Gasteiger partial charge is 0.478 e. The Morgan fingerprint density at radius 2 is 2.14 bits per heavy atom. The number of primary amides is 1. The van der Waals surface area contributed by atoms with Gasteiger partial charge in [0.05, 0.1) is 0 Å². The van der Waals surface area contributed by atoms with Crippen LogP contribution in [0.15, 0.2) is 24.3 Å². The molecule has 0 radical (unpaired) electrons. The van der Waals surface area contributed by atoms with Crippen molar-refractivity contribution in [3.05, 3.63) is 27.8 Å². The molecule has 0 spiro atoms. The summed E-state index contributed by atoms with van der Waals surface area (Å²) in [4.78, 5) is 11.0. The maximum Gasteiger partial charge on any atom is 0.261 e. The van der Waals surface area contributed by atoms with E-state index in [-0.39, 0.29) is 0 Å². The quantitative estimate of drug-likeness (QED) is 0.868. The van der Waals surface area contributed by atoms with E-state index in [0.717, 1.165) is 3.57 Å². The highest BCUT2D eigenvalue weighted by molar-refractivity contribution is 14.1. The van der Waals surface area contributed by atoms with Gasteiger partial charge in [-0.1, -0.05) is 6.07 Å². The van der Waals surface area contributed by atoms with E-state index in [4.69, 9.17) is 10.5 Å². The topological polar surface area (TPSA) is 52.3 Å². The number of ether oxygens (including phenoxy) is 1. The molecule has 4 heteroatoms. The molecule has 0 aromatic heterocycles. The maximum absolute atomic E-state index is 11.0. The highest BCUT2D eigenvalue weighted by Crippen LogP contribution is 2.20. The minimum Gasteiger partial charge on any atom is -0.478 e. The number of hydrogen-bond acceptors (Lipinski definition) is 2. The summed E-state index contributed by atoms with van der Waals surface area (Å²) >= 11 is 2.18. The van der Waals surface area contributed by atoms with Crippen molar-refractivity contribution in [2.24, 2.45) is 5.73 Å². The second kappa shape index (κ2) is 4.16. The lowest BCUT2D eigenvalue weighted by Crippen LogP contribution is -2.43. The van der Waals surface area contributed by atoms with E-state index in [9.17, 15) is 4.79 Å². The molecule has 76 valence electrons. The van der Waals surface area contributed by atoms with Crippen LogP contribution >= 0.6 is 22.6 Å². The minimum atomic E-state index is -0.968. The molecule has 1 amide bonds. The van der Waals surface area contributed by atoms with Gasteiger partial charge >= 0.3 is 0 Å². The first kappa shape index (κ1) is 11.3.